The largest absolute Gasteiger partial charge is 0.366 e. The second kappa shape index (κ2) is 10.2. The third-order valence-corrected chi connectivity index (χ3v) is 7.73. The summed E-state index contributed by atoms with van der Waals surface area (Å²) in [6.07, 6.45) is 1.07. The number of hydrogen-bond donors (Lipinski definition) is 3. The molecule has 1 amide bonds. The van der Waals surface area contributed by atoms with Crippen LogP contribution in [0.3, 0.4) is 0 Å². The van der Waals surface area contributed by atoms with Gasteiger partial charge in [0.05, 0.1) is 28.4 Å². The number of carbonyl (C=O) groups is 1. The highest BCUT2D eigenvalue weighted by molar-refractivity contribution is 14.1. The van der Waals surface area contributed by atoms with Gasteiger partial charge in [-0.15, -0.1) is 0 Å². The zero-order valence-electron chi connectivity index (χ0n) is 18.5. The van der Waals surface area contributed by atoms with Crippen LogP contribution < -0.4 is 15.8 Å². The quantitative estimate of drug-likeness (QED) is 0.216. The Hall–Kier alpha value is -2.87. The van der Waals surface area contributed by atoms with Gasteiger partial charge in [0.25, 0.3) is 5.91 Å². The summed E-state index contributed by atoms with van der Waals surface area (Å²) in [5.74, 6) is -5.82. The average Bonchev–Trinajstić information content (AvgIpc) is 3.60. The molecule has 0 aliphatic heterocycles. The highest BCUT2D eigenvalue weighted by atomic mass is 127. The van der Waals surface area contributed by atoms with Crippen LogP contribution in [0.5, 0.6) is 0 Å². The van der Waals surface area contributed by atoms with E-state index in [-0.39, 0.29) is 28.6 Å². The first kappa shape index (κ1) is 26.2. The van der Waals surface area contributed by atoms with Crippen molar-refractivity contribution in [2.75, 3.05) is 15.8 Å². The third kappa shape index (κ3) is 5.91. The molecule has 1 aliphatic rings. The fourth-order valence-corrected chi connectivity index (χ4v) is 5.64. The first-order valence-electron chi connectivity index (χ1n) is 10.8. The van der Waals surface area contributed by atoms with Gasteiger partial charge >= 0.3 is 0 Å². The standard InChI is InChI=1S/C24H20F4IN3O3S/c25-17-10-15(29)6-7-18(17)31-23-16(24(30)33)9-14(21(27)22(23)28)8-13-2-1-3-19(20(13)26)32-36(34,35)11-12-4-5-12/h1-3,6-7,9-10,12,31-32H,4-5,8,11H2,(H2,30,33). The summed E-state index contributed by atoms with van der Waals surface area (Å²) in [6, 6.07) is 8.79. The molecule has 0 unspecified atom stereocenters. The molecule has 4 rings (SSSR count). The summed E-state index contributed by atoms with van der Waals surface area (Å²) in [4.78, 5) is 12.0. The fourth-order valence-electron chi connectivity index (χ4n) is 3.65. The molecule has 3 aromatic rings. The number of nitrogens with one attached hydrogen (secondary N) is 2. The Morgan fingerprint density at radius 3 is 2.33 bits per heavy atom. The maximum absolute atomic E-state index is 15.1. The number of nitrogens with two attached hydrogens (primary N) is 1. The van der Waals surface area contributed by atoms with E-state index in [1.54, 1.807) is 0 Å². The van der Waals surface area contributed by atoms with Crippen LogP contribution in [0.1, 0.15) is 34.3 Å². The molecule has 36 heavy (non-hydrogen) atoms. The second-order valence-corrected chi connectivity index (χ2v) is 11.5. The van der Waals surface area contributed by atoms with Gasteiger partial charge in [0, 0.05) is 9.99 Å². The zero-order chi connectivity index (χ0) is 26.2. The number of halogens is 5. The van der Waals surface area contributed by atoms with E-state index in [9.17, 15) is 17.6 Å². The first-order chi connectivity index (χ1) is 16.9. The Kier molecular flexibility index (Phi) is 7.46. The van der Waals surface area contributed by atoms with Crippen molar-refractivity contribution >= 4 is 55.6 Å². The molecule has 6 nitrogen and oxygen atoms in total. The summed E-state index contributed by atoms with van der Waals surface area (Å²) in [7, 11) is -3.78. The number of hydrogen-bond acceptors (Lipinski definition) is 4. The number of anilines is 3. The predicted octanol–water partition coefficient (Wildman–Crippen LogP) is 5.43. The molecule has 0 spiro atoms. The van der Waals surface area contributed by atoms with Crippen molar-refractivity contribution in [3.8, 4) is 0 Å². The minimum Gasteiger partial charge on any atom is -0.366 e. The van der Waals surface area contributed by atoms with Crippen LogP contribution >= 0.6 is 22.6 Å². The Morgan fingerprint density at radius 1 is 0.972 bits per heavy atom. The molecule has 0 saturated heterocycles. The summed E-state index contributed by atoms with van der Waals surface area (Å²) in [6.45, 7) is 0. The molecule has 0 heterocycles. The molecule has 190 valence electrons. The van der Waals surface area contributed by atoms with Gasteiger partial charge in [0.2, 0.25) is 10.0 Å². The number of amides is 1. The maximum Gasteiger partial charge on any atom is 0.250 e. The molecule has 3 aromatic carbocycles. The van der Waals surface area contributed by atoms with Gasteiger partial charge < -0.3 is 11.1 Å². The predicted molar refractivity (Wildman–Crippen MR) is 137 cm³/mol. The van der Waals surface area contributed by atoms with E-state index in [2.05, 4.69) is 10.0 Å². The van der Waals surface area contributed by atoms with Crippen LogP contribution in [0.25, 0.3) is 0 Å². The molecule has 12 heteroatoms. The lowest BCUT2D eigenvalue weighted by molar-refractivity contribution is 0.100. The number of carbonyl (C=O) groups excluding carboxylic acids is 1. The van der Waals surface area contributed by atoms with E-state index in [1.807, 2.05) is 22.6 Å². The molecule has 0 atom stereocenters. The van der Waals surface area contributed by atoms with Crippen LogP contribution in [0, 0.1) is 32.8 Å². The topological polar surface area (TPSA) is 101 Å². The zero-order valence-corrected chi connectivity index (χ0v) is 21.5. The Labute approximate surface area is 218 Å². The van der Waals surface area contributed by atoms with Gasteiger partial charge in [-0.3, -0.25) is 9.52 Å². The van der Waals surface area contributed by atoms with E-state index >= 15 is 13.2 Å². The molecule has 4 N–H and O–H groups in total. The van der Waals surface area contributed by atoms with Crippen LogP contribution in [0.2, 0.25) is 0 Å². The molecule has 1 saturated carbocycles. The molecule has 1 fully saturated rings. The number of primary amides is 1. The molecule has 0 radical (unpaired) electrons. The van der Waals surface area contributed by atoms with Gasteiger partial charge in [0.1, 0.15) is 5.82 Å². The summed E-state index contributed by atoms with van der Waals surface area (Å²) in [5.41, 5.74) is 3.17. The van der Waals surface area contributed by atoms with E-state index < -0.39 is 62.4 Å². The van der Waals surface area contributed by atoms with Crippen LogP contribution in [-0.2, 0) is 16.4 Å². The van der Waals surface area contributed by atoms with Crippen LogP contribution in [0.15, 0.2) is 42.5 Å². The molecule has 0 aromatic heterocycles. The molecule has 1 aliphatic carbocycles. The summed E-state index contributed by atoms with van der Waals surface area (Å²) >= 11 is 1.87. The van der Waals surface area contributed by atoms with Crippen molar-refractivity contribution in [3.05, 3.63) is 86.0 Å². The lowest BCUT2D eigenvalue weighted by Gasteiger charge is -2.16. The minimum absolute atomic E-state index is 0.0399. The van der Waals surface area contributed by atoms with E-state index in [0.717, 1.165) is 25.0 Å². The average molecular weight is 633 g/mol. The number of sulfonamides is 1. The molecular formula is C24H20F4IN3O3S. The maximum atomic E-state index is 15.1. The normalized spacial score (nSPS) is 13.5. The highest BCUT2D eigenvalue weighted by Gasteiger charge is 2.29. The van der Waals surface area contributed by atoms with Crippen molar-refractivity contribution in [2.45, 2.75) is 19.3 Å². The summed E-state index contributed by atoms with van der Waals surface area (Å²) in [5, 5.41) is 2.37. The number of rotatable bonds is 9. The van der Waals surface area contributed by atoms with Crippen molar-refractivity contribution in [1.82, 2.24) is 0 Å². The Morgan fingerprint density at radius 2 is 1.69 bits per heavy atom. The van der Waals surface area contributed by atoms with Gasteiger partial charge in [-0.25, -0.2) is 26.0 Å². The van der Waals surface area contributed by atoms with Crippen molar-refractivity contribution in [1.29, 1.82) is 0 Å². The number of benzene rings is 3. The highest BCUT2D eigenvalue weighted by Crippen LogP contribution is 2.33. The van der Waals surface area contributed by atoms with Crippen LogP contribution in [0.4, 0.5) is 34.6 Å². The monoisotopic (exact) mass is 633 g/mol. The van der Waals surface area contributed by atoms with E-state index in [4.69, 9.17) is 5.73 Å². The van der Waals surface area contributed by atoms with Crippen molar-refractivity contribution < 1.29 is 30.8 Å². The van der Waals surface area contributed by atoms with Gasteiger partial charge in [-0.05, 0) is 82.8 Å². The third-order valence-electron chi connectivity index (χ3n) is 5.62. The van der Waals surface area contributed by atoms with E-state index in [0.29, 0.717) is 3.57 Å². The minimum atomic E-state index is -3.78. The first-order valence-corrected chi connectivity index (χ1v) is 13.5. The smallest absolute Gasteiger partial charge is 0.250 e. The lowest BCUT2D eigenvalue weighted by Crippen LogP contribution is -2.19. The Bertz CT molecular complexity index is 1460. The van der Waals surface area contributed by atoms with Crippen molar-refractivity contribution in [2.24, 2.45) is 11.7 Å². The summed E-state index contributed by atoms with van der Waals surface area (Å²) < 4.78 is 86.7. The van der Waals surface area contributed by atoms with Crippen LogP contribution in [-0.4, -0.2) is 20.1 Å². The van der Waals surface area contributed by atoms with Gasteiger partial charge in [-0.1, -0.05) is 12.1 Å². The molecular weight excluding hydrogens is 613 g/mol. The Balaban J connectivity index is 1.67. The lowest BCUT2D eigenvalue weighted by atomic mass is 9.99. The van der Waals surface area contributed by atoms with Gasteiger partial charge in [-0.2, -0.15) is 0 Å². The SMILES string of the molecule is NC(=O)c1cc(Cc2cccc(NS(=O)(=O)CC3CC3)c2F)c(F)c(F)c1Nc1ccc(I)cc1F. The second-order valence-electron chi connectivity index (χ2n) is 8.48. The van der Waals surface area contributed by atoms with Gasteiger partial charge in [0.15, 0.2) is 17.5 Å². The fraction of sp³-hybridized carbons (Fsp3) is 0.208. The molecule has 0 bridgehead atoms. The van der Waals surface area contributed by atoms with Crippen molar-refractivity contribution in [3.63, 3.8) is 0 Å². The van der Waals surface area contributed by atoms with E-state index in [1.165, 1.54) is 30.3 Å².